The summed E-state index contributed by atoms with van der Waals surface area (Å²) in [5.41, 5.74) is 1.23. The van der Waals surface area contributed by atoms with Gasteiger partial charge in [0.15, 0.2) is 0 Å². The van der Waals surface area contributed by atoms with E-state index in [4.69, 9.17) is 10.1 Å². The van der Waals surface area contributed by atoms with Gasteiger partial charge in [-0.15, -0.1) is 0 Å². The number of methoxy groups -OCH3 is 1. The van der Waals surface area contributed by atoms with Crippen LogP contribution in [-0.2, 0) is 0 Å². The second-order valence-electron chi connectivity index (χ2n) is 5.21. The molecule has 4 heteroatoms. The second-order valence-corrected chi connectivity index (χ2v) is 5.21. The van der Waals surface area contributed by atoms with Crippen LogP contribution in [0.1, 0.15) is 13.8 Å². The lowest BCUT2D eigenvalue weighted by molar-refractivity contribution is 0.368. The third-order valence-electron chi connectivity index (χ3n) is 3.60. The van der Waals surface area contributed by atoms with Gasteiger partial charge in [0.2, 0.25) is 0 Å². The lowest BCUT2D eigenvalue weighted by Gasteiger charge is -2.38. The number of hydrogen-bond acceptors (Lipinski definition) is 3. The molecule has 104 valence electrons. The lowest BCUT2D eigenvalue weighted by Crippen LogP contribution is -2.49. The van der Waals surface area contributed by atoms with Gasteiger partial charge in [0, 0.05) is 37.8 Å². The maximum Gasteiger partial charge on any atom is 0.119 e. The molecule has 0 aromatic heterocycles. The number of nitrogens with zero attached hydrogens (tertiary/aromatic N) is 2. The quantitative estimate of drug-likeness (QED) is 0.671. The molecule has 0 spiro atoms. The number of nitrogens with one attached hydrogen (secondary N) is 1. The number of anilines is 1. The highest BCUT2D eigenvalue weighted by Crippen LogP contribution is 2.20. The molecule has 0 saturated carbocycles. The Hall–Kier alpha value is -1.71. The molecule has 0 bridgehead atoms. The molecule has 4 nitrogen and oxygen atoms in total. The van der Waals surface area contributed by atoms with Gasteiger partial charge in [0.25, 0.3) is 0 Å². The summed E-state index contributed by atoms with van der Waals surface area (Å²) in [5.74, 6) is 1.96. The van der Waals surface area contributed by atoms with Gasteiger partial charge in [-0.05, 0) is 24.3 Å². The highest BCUT2D eigenvalue weighted by molar-refractivity contribution is 5.81. The van der Waals surface area contributed by atoms with Crippen molar-refractivity contribution in [3.05, 3.63) is 24.3 Å². The zero-order chi connectivity index (χ0) is 13.8. The van der Waals surface area contributed by atoms with E-state index in [0.717, 1.165) is 37.8 Å². The van der Waals surface area contributed by atoms with E-state index in [2.05, 4.69) is 35.8 Å². The molecule has 0 aliphatic carbocycles. The fraction of sp³-hybridized carbons (Fsp3) is 0.533. The van der Waals surface area contributed by atoms with E-state index in [0.29, 0.717) is 5.92 Å². The van der Waals surface area contributed by atoms with Crippen LogP contribution < -0.4 is 9.64 Å². The predicted octanol–water partition coefficient (Wildman–Crippen LogP) is 2.45. The summed E-state index contributed by atoms with van der Waals surface area (Å²) >= 11 is 0. The molecule has 1 aliphatic rings. The molecule has 0 unspecified atom stereocenters. The van der Waals surface area contributed by atoms with E-state index < -0.39 is 0 Å². The van der Waals surface area contributed by atoms with Crippen molar-refractivity contribution in [2.45, 2.75) is 13.8 Å². The SMILES string of the molecule is COc1ccc(N2CCN(C(=N)C(C)C)CC2)cc1. The van der Waals surface area contributed by atoms with Crippen LogP contribution in [0.3, 0.4) is 0 Å². The van der Waals surface area contributed by atoms with Gasteiger partial charge in [0.1, 0.15) is 5.75 Å². The van der Waals surface area contributed by atoms with Gasteiger partial charge < -0.3 is 14.5 Å². The Morgan fingerprint density at radius 2 is 1.68 bits per heavy atom. The first-order chi connectivity index (χ1) is 9.11. The van der Waals surface area contributed by atoms with Crippen LogP contribution in [0.4, 0.5) is 5.69 Å². The monoisotopic (exact) mass is 261 g/mol. The number of hydrogen-bond donors (Lipinski definition) is 1. The van der Waals surface area contributed by atoms with Gasteiger partial charge in [0.05, 0.1) is 12.9 Å². The molecule has 19 heavy (non-hydrogen) atoms. The number of ether oxygens (including phenoxy) is 1. The minimum Gasteiger partial charge on any atom is -0.497 e. The Morgan fingerprint density at radius 3 is 2.16 bits per heavy atom. The zero-order valence-electron chi connectivity index (χ0n) is 12.0. The Morgan fingerprint density at radius 1 is 1.11 bits per heavy atom. The first kappa shape index (κ1) is 13.7. The molecule has 0 amide bonds. The second kappa shape index (κ2) is 5.95. The molecular formula is C15H23N3O. The fourth-order valence-corrected chi connectivity index (χ4v) is 2.36. The summed E-state index contributed by atoms with van der Waals surface area (Å²) in [7, 11) is 1.69. The average molecular weight is 261 g/mol. The van der Waals surface area contributed by atoms with E-state index in [1.165, 1.54) is 5.69 Å². The Bertz CT molecular complexity index is 420. The van der Waals surface area contributed by atoms with E-state index in [-0.39, 0.29) is 0 Å². The smallest absolute Gasteiger partial charge is 0.119 e. The maximum atomic E-state index is 8.05. The summed E-state index contributed by atoms with van der Waals surface area (Å²) in [4.78, 5) is 4.55. The van der Waals surface area contributed by atoms with Crippen LogP contribution >= 0.6 is 0 Å². The van der Waals surface area contributed by atoms with E-state index >= 15 is 0 Å². The minimum absolute atomic E-state index is 0.313. The van der Waals surface area contributed by atoms with Crippen LogP contribution in [0.25, 0.3) is 0 Å². The zero-order valence-corrected chi connectivity index (χ0v) is 12.0. The predicted molar refractivity (Wildman–Crippen MR) is 79.3 cm³/mol. The van der Waals surface area contributed by atoms with Gasteiger partial charge in [-0.1, -0.05) is 13.8 Å². The molecule has 2 rings (SSSR count). The lowest BCUT2D eigenvalue weighted by atomic mass is 10.1. The number of piperazine rings is 1. The van der Waals surface area contributed by atoms with Gasteiger partial charge in [-0.3, -0.25) is 5.41 Å². The highest BCUT2D eigenvalue weighted by atomic mass is 16.5. The largest absolute Gasteiger partial charge is 0.497 e. The van der Waals surface area contributed by atoms with Crippen molar-refractivity contribution in [2.75, 3.05) is 38.2 Å². The van der Waals surface area contributed by atoms with Gasteiger partial charge in [-0.25, -0.2) is 0 Å². The molecule has 1 saturated heterocycles. The van der Waals surface area contributed by atoms with E-state index in [1.807, 2.05) is 12.1 Å². The number of benzene rings is 1. The summed E-state index contributed by atoms with van der Waals surface area (Å²) in [5, 5.41) is 8.05. The third-order valence-corrected chi connectivity index (χ3v) is 3.60. The standard InChI is InChI=1S/C15H23N3O/c1-12(2)15(16)18-10-8-17(9-11-18)13-4-6-14(19-3)7-5-13/h4-7,12,16H,8-11H2,1-3H3. The van der Waals surface area contributed by atoms with E-state index in [9.17, 15) is 0 Å². The molecule has 0 radical (unpaired) electrons. The average Bonchev–Trinajstić information content (AvgIpc) is 2.46. The van der Waals surface area contributed by atoms with Crippen LogP contribution in [0.2, 0.25) is 0 Å². The molecule has 1 aromatic carbocycles. The summed E-state index contributed by atoms with van der Waals surface area (Å²) in [6, 6.07) is 8.19. The summed E-state index contributed by atoms with van der Waals surface area (Å²) in [6.45, 7) is 7.98. The third kappa shape index (κ3) is 3.19. The Balaban J connectivity index is 1.94. The van der Waals surface area contributed by atoms with Crippen molar-refractivity contribution in [3.8, 4) is 5.75 Å². The molecule has 1 N–H and O–H groups in total. The Labute approximate surface area is 115 Å². The first-order valence-electron chi connectivity index (χ1n) is 6.84. The van der Waals surface area contributed by atoms with E-state index in [1.54, 1.807) is 7.11 Å². The van der Waals surface area contributed by atoms with Crippen molar-refractivity contribution in [1.29, 1.82) is 5.41 Å². The van der Waals surface area contributed by atoms with Crippen LogP contribution in [0.15, 0.2) is 24.3 Å². The summed E-state index contributed by atoms with van der Waals surface area (Å²) < 4.78 is 5.18. The molecule has 1 heterocycles. The number of rotatable bonds is 3. The van der Waals surface area contributed by atoms with Crippen molar-refractivity contribution in [1.82, 2.24) is 4.90 Å². The minimum atomic E-state index is 0.313. The maximum absolute atomic E-state index is 8.05. The molecule has 0 atom stereocenters. The molecule has 1 aliphatic heterocycles. The fourth-order valence-electron chi connectivity index (χ4n) is 2.36. The molecular weight excluding hydrogens is 238 g/mol. The van der Waals surface area contributed by atoms with Crippen molar-refractivity contribution < 1.29 is 4.74 Å². The Kier molecular flexibility index (Phi) is 4.30. The topological polar surface area (TPSA) is 39.6 Å². The van der Waals surface area contributed by atoms with Crippen molar-refractivity contribution >= 4 is 11.5 Å². The summed E-state index contributed by atoms with van der Waals surface area (Å²) in [6.07, 6.45) is 0. The van der Waals surface area contributed by atoms with Gasteiger partial charge >= 0.3 is 0 Å². The first-order valence-corrected chi connectivity index (χ1v) is 6.84. The highest BCUT2D eigenvalue weighted by Gasteiger charge is 2.20. The van der Waals surface area contributed by atoms with Gasteiger partial charge in [-0.2, -0.15) is 0 Å². The normalized spacial score (nSPS) is 15.8. The van der Waals surface area contributed by atoms with Crippen LogP contribution in [-0.4, -0.2) is 44.0 Å². The van der Waals surface area contributed by atoms with Crippen molar-refractivity contribution in [3.63, 3.8) is 0 Å². The molecule has 1 fully saturated rings. The van der Waals surface area contributed by atoms with Crippen LogP contribution in [0, 0.1) is 11.3 Å². The molecule has 1 aromatic rings. The van der Waals surface area contributed by atoms with Crippen LogP contribution in [0.5, 0.6) is 5.75 Å². The van der Waals surface area contributed by atoms with Crippen molar-refractivity contribution in [2.24, 2.45) is 5.92 Å². The number of amidine groups is 1.